The molecule has 0 heterocycles. The van der Waals surface area contributed by atoms with E-state index in [1.807, 2.05) is 25.1 Å². The fraction of sp³-hybridized carbons (Fsp3) is 0.588. The Labute approximate surface area is 121 Å². The summed E-state index contributed by atoms with van der Waals surface area (Å²) in [6, 6.07) is 8.16. The molecule has 1 fully saturated rings. The topological polar surface area (TPSA) is 38.3 Å². The lowest BCUT2D eigenvalue weighted by molar-refractivity contribution is 0.0526. The minimum absolute atomic E-state index is 0.245. The number of hydrogen-bond acceptors (Lipinski definition) is 3. The highest BCUT2D eigenvalue weighted by atomic mass is 16.5. The zero-order valence-electron chi connectivity index (χ0n) is 12.5. The molecule has 0 spiro atoms. The van der Waals surface area contributed by atoms with Crippen molar-refractivity contribution in [3.63, 3.8) is 0 Å². The number of rotatable bonds is 4. The van der Waals surface area contributed by atoms with Crippen LogP contribution in [0.4, 0.5) is 5.69 Å². The molecule has 1 aliphatic rings. The van der Waals surface area contributed by atoms with E-state index in [9.17, 15) is 4.79 Å². The van der Waals surface area contributed by atoms with Crippen LogP contribution in [-0.2, 0) is 4.74 Å². The lowest BCUT2D eigenvalue weighted by atomic mass is 10.0. The summed E-state index contributed by atoms with van der Waals surface area (Å²) in [5, 5.41) is 3.57. The third-order valence-electron chi connectivity index (χ3n) is 4.00. The molecule has 1 aliphatic carbocycles. The molecular weight excluding hydrogens is 250 g/mol. The quantitative estimate of drug-likeness (QED) is 0.659. The van der Waals surface area contributed by atoms with E-state index >= 15 is 0 Å². The molecule has 1 saturated carbocycles. The van der Waals surface area contributed by atoms with E-state index in [-0.39, 0.29) is 5.97 Å². The largest absolute Gasteiger partial charge is 0.462 e. The third-order valence-corrected chi connectivity index (χ3v) is 4.00. The van der Waals surface area contributed by atoms with Crippen molar-refractivity contribution in [2.24, 2.45) is 5.92 Å². The molecular formula is C17H25NO2. The van der Waals surface area contributed by atoms with Gasteiger partial charge in [-0.1, -0.05) is 25.8 Å². The predicted molar refractivity (Wildman–Crippen MR) is 82.1 cm³/mol. The van der Waals surface area contributed by atoms with Gasteiger partial charge in [0.05, 0.1) is 12.2 Å². The molecule has 0 saturated heterocycles. The normalized spacial score (nSPS) is 22.9. The number of carbonyl (C=O) groups excluding carboxylic acids is 1. The Hall–Kier alpha value is -1.51. The van der Waals surface area contributed by atoms with E-state index in [0.717, 1.165) is 11.6 Å². The Balaban J connectivity index is 1.98. The maximum absolute atomic E-state index is 11.7. The van der Waals surface area contributed by atoms with Gasteiger partial charge < -0.3 is 10.1 Å². The van der Waals surface area contributed by atoms with Crippen LogP contribution in [0.25, 0.3) is 0 Å². The molecule has 2 rings (SSSR count). The minimum Gasteiger partial charge on any atom is -0.462 e. The summed E-state index contributed by atoms with van der Waals surface area (Å²) >= 11 is 0. The number of hydrogen-bond donors (Lipinski definition) is 1. The van der Waals surface area contributed by atoms with E-state index in [2.05, 4.69) is 12.2 Å². The first-order chi connectivity index (χ1) is 9.69. The highest BCUT2D eigenvalue weighted by Gasteiger charge is 2.16. The highest BCUT2D eigenvalue weighted by molar-refractivity contribution is 5.90. The molecule has 0 aliphatic heterocycles. The number of benzene rings is 1. The lowest BCUT2D eigenvalue weighted by Crippen LogP contribution is -2.18. The van der Waals surface area contributed by atoms with Crippen LogP contribution in [0.1, 0.15) is 56.3 Å². The van der Waals surface area contributed by atoms with Crippen molar-refractivity contribution in [1.29, 1.82) is 0 Å². The highest BCUT2D eigenvalue weighted by Crippen LogP contribution is 2.25. The standard InChI is InChI=1S/C17H25NO2/c1-3-20-17(19)14-7-5-9-16(12-14)18-15-8-4-6-13(2)10-11-15/h5,7,9,12-13,15,18H,3-4,6,8,10-11H2,1-2H3. The van der Waals surface area contributed by atoms with Gasteiger partial charge in [-0.15, -0.1) is 0 Å². The second-order valence-corrected chi connectivity index (χ2v) is 5.76. The first kappa shape index (κ1) is 14.9. The number of ether oxygens (including phenoxy) is 1. The fourth-order valence-corrected chi connectivity index (χ4v) is 2.82. The van der Waals surface area contributed by atoms with Crippen LogP contribution in [0.5, 0.6) is 0 Å². The second-order valence-electron chi connectivity index (χ2n) is 5.76. The van der Waals surface area contributed by atoms with Crippen molar-refractivity contribution in [3.8, 4) is 0 Å². The zero-order valence-corrected chi connectivity index (χ0v) is 12.5. The Morgan fingerprint density at radius 2 is 2.15 bits per heavy atom. The van der Waals surface area contributed by atoms with Crippen LogP contribution >= 0.6 is 0 Å². The van der Waals surface area contributed by atoms with Gasteiger partial charge in [-0.05, 0) is 50.3 Å². The van der Waals surface area contributed by atoms with Crippen molar-refractivity contribution in [2.45, 2.75) is 52.0 Å². The summed E-state index contributed by atoms with van der Waals surface area (Å²) in [5.41, 5.74) is 1.65. The van der Waals surface area contributed by atoms with Gasteiger partial charge in [-0.25, -0.2) is 4.79 Å². The SMILES string of the molecule is CCOC(=O)c1cccc(NC2CCCC(C)CC2)c1. The zero-order chi connectivity index (χ0) is 14.4. The summed E-state index contributed by atoms with van der Waals surface area (Å²) in [6.07, 6.45) is 6.34. The van der Waals surface area contributed by atoms with Crippen molar-refractivity contribution in [2.75, 3.05) is 11.9 Å². The molecule has 0 radical (unpaired) electrons. The molecule has 20 heavy (non-hydrogen) atoms. The predicted octanol–water partition coefficient (Wildman–Crippen LogP) is 4.24. The summed E-state index contributed by atoms with van der Waals surface area (Å²) in [6.45, 7) is 4.58. The minimum atomic E-state index is -0.245. The average molecular weight is 275 g/mol. The lowest BCUT2D eigenvalue weighted by Gasteiger charge is -2.18. The Morgan fingerprint density at radius 1 is 1.30 bits per heavy atom. The summed E-state index contributed by atoms with van der Waals surface area (Å²) in [5.74, 6) is 0.596. The first-order valence-electron chi connectivity index (χ1n) is 7.72. The molecule has 0 bridgehead atoms. The van der Waals surface area contributed by atoms with E-state index in [4.69, 9.17) is 4.74 Å². The van der Waals surface area contributed by atoms with Crippen molar-refractivity contribution in [1.82, 2.24) is 0 Å². The Kier molecular flexibility index (Phi) is 5.45. The van der Waals surface area contributed by atoms with Crippen molar-refractivity contribution < 1.29 is 9.53 Å². The number of esters is 1. The van der Waals surface area contributed by atoms with Crippen LogP contribution < -0.4 is 5.32 Å². The van der Waals surface area contributed by atoms with E-state index in [0.29, 0.717) is 18.2 Å². The molecule has 0 amide bonds. The van der Waals surface area contributed by atoms with Crippen molar-refractivity contribution >= 4 is 11.7 Å². The summed E-state index contributed by atoms with van der Waals surface area (Å²) in [7, 11) is 0. The summed E-state index contributed by atoms with van der Waals surface area (Å²) in [4.78, 5) is 11.7. The maximum atomic E-state index is 11.7. The smallest absolute Gasteiger partial charge is 0.338 e. The molecule has 1 N–H and O–H groups in total. The van der Waals surface area contributed by atoms with Gasteiger partial charge in [0, 0.05) is 11.7 Å². The van der Waals surface area contributed by atoms with Gasteiger partial charge in [0.1, 0.15) is 0 Å². The molecule has 2 atom stereocenters. The monoisotopic (exact) mass is 275 g/mol. The van der Waals surface area contributed by atoms with Gasteiger partial charge in [-0.2, -0.15) is 0 Å². The fourth-order valence-electron chi connectivity index (χ4n) is 2.82. The van der Waals surface area contributed by atoms with Gasteiger partial charge >= 0.3 is 5.97 Å². The van der Waals surface area contributed by atoms with E-state index in [1.54, 1.807) is 6.07 Å². The Morgan fingerprint density at radius 3 is 2.95 bits per heavy atom. The molecule has 1 aromatic rings. The third kappa shape index (κ3) is 4.26. The van der Waals surface area contributed by atoms with Gasteiger partial charge in [-0.3, -0.25) is 0 Å². The van der Waals surface area contributed by atoms with Crippen LogP contribution in [0, 0.1) is 5.92 Å². The molecule has 2 unspecified atom stereocenters. The number of anilines is 1. The average Bonchev–Trinajstić information content (AvgIpc) is 2.64. The van der Waals surface area contributed by atoms with Gasteiger partial charge in [0.2, 0.25) is 0 Å². The van der Waals surface area contributed by atoms with Crippen molar-refractivity contribution in [3.05, 3.63) is 29.8 Å². The van der Waals surface area contributed by atoms with Crippen LogP contribution in [0.3, 0.4) is 0 Å². The maximum Gasteiger partial charge on any atom is 0.338 e. The molecule has 0 aromatic heterocycles. The molecule has 1 aromatic carbocycles. The molecule has 3 heteroatoms. The summed E-state index contributed by atoms with van der Waals surface area (Å²) < 4.78 is 5.04. The van der Waals surface area contributed by atoms with Crippen LogP contribution in [0.15, 0.2) is 24.3 Å². The Bertz CT molecular complexity index is 444. The first-order valence-corrected chi connectivity index (χ1v) is 7.72. The molecule has 3 nitrogen and oxygen atoms in total. The van der Waals surface area contributed by atoms with Crippen LogP contribution in [0.2, 0.25) is 0 Å². The second kappa shape index (κ2) is 7.32. The van der Waals surface area contributed by atoms with E-state index in [1.165, 1.54) is 32.1 Å². The van der Waals surface area contributed by atoms with Crippen LogP contribution in [-0.4, -0.2) is 18.6 Å². The number of carbonyl (C=O) groups is 1. The van der Waals surface area contributed by atoms with Gasteiger partial charge in [0.25, 0.3) is 0 Å². The number of nitrogens with one attached hydrogen (secondary N) is 1. The molecule has 110 valence electrons. The van der Waals surface area contributed by atoms with E-state index < -0.39 is 0 Å². The van der Waals surface area contributed by atoms with Gasteiger partial charge in [0.15, 0.2) is 0 Å².